The quantitative estimate of drug-likeness (QED) is 0.0361. The Morgan fingerprint density at radius 1 is 0.675 bits per heavy atom. The Morgan fingerprint density at radius 3 is 1.70 bits per heavy atom. The van der Waals surface area contributed by atoms with Crippen LogP contribution >= 0.6 is 0 Å². The molecular weight excluding hydrogens is 1000 g/mol. The molecule has 1 aliphatic carbocycles. The zero-order chi connectivity index (χ0) is 56.2. The largest absolute Gasteiger partial charge is 0.492 e. The van der Waals surface area contributed by atoms with Gasteiger partial charge in [-0.25, -0.2) is 4.79 Å². The molecule has 412 valence electrons. The van der Waals surface area contributed by atoms with E-state index in [1.165, 1.54) is 4.90 Å². The molecule has 1 saturated heterocycles. The van der Waals surface area contributed by atoms with Crippen LogP contribution in [0.15, 0.2) is 109 Å². The van der Waals surface area contributed by atoms with E-state index >= 15 is 0 Å². The van der Waals surface area contributed by atoms with Crippen LogP contribution < -0.4 is 37.8 Å². The van der Waals surface area contributed by atoms with Gasteiger partial charge in [0.25, 0.3) is 0 Å². The molecule has 4 aromatic rings. The molecule has 77 heavy (non-hydrogen) atoms. The van der Waals surface area contributed by atoms with Crippen molar-refractivity contribution in [1.29, 1.82) is 0 Å². The third-order valence-electron chi connectivity index (χ3n) is 12.9. The highest BCUT2D eigenvalue weighted by molar-refractivity contribution is 6.28. The molecule has 2 aliphatic rings. The highest BCUT2D eigenvalue weighted by Crippen LogP contribution is 2.27. The summed E-state index contributed by atoms with van der Waals surface area (Å²) in [6.45, 7) is 6.94. The second-order valence-electron chi connectivity index (χ2n) is 19.3. The zero-order valence-electron chi connectivity index (χ0n) is 43.5. The van der Waals surface area contributed by atoms with Crippen LogP contribution in [-0.4, -0.2) is 120 Å². The van der Waals surface area contributed by atoms with Gasteiger partial charge in [0, 0.05) is 54.7 Å². The number of amides is 6. The van der Waals surface area contributed by atoms with Gasteiger partial charge >= 0.3 is 12.1 Å². The third-order valence-corrected chi connectivity index (χ3v) is 12.9. The molecule has 1 fully saturated rings. The number of benzene rings is 4. The average molecular weight is 1070 g/mol. The van der Waals surface area contributed by atoms with Crippen molar-refractivity contribution in [1.82, 2.24) is 37.0 Å². The van der Waals surface area contributed by atoms with Crippen molar-refractivity contribution in [3.8, 4) is 0 Å². The molecule has 18 nitrogen and oxygen atoms in total. The topological polar surface area (TPSA) is 264 Å². The van der Waals surface area contributed by atoms with E-state index in [0.717, 1.165) is 5.56 Å². The van der Waals surface area contributed by atoms with Crippen LogP contribution in [0, 0.1) is 11.8 Å². The summed E-state index contributed by atoms with van der Waals surface area (Å²) >= 11 is 0. The Bertz CT molecular complexity index is 2600. The molecule has 21 heteroatoms. The molecule has 1 aliphatic heterocycles. The number of nitrogens with zero attached hydrogens (tertiary/aromatic N) is 1. The van der Waals surface area contributed by atoms with Gasteiger partial charge in [-0.15, -0.1) is 0 Å². The monoisotopic (exact) mass is 1070 g/mol. The minimum atomic E-state index is -5.15. The van der Waals surface area contributed by atoms with Crippen molar-refractivity contribution in [3.63, 3.8) is 0 Å². The number of hydrogen-bond acceptors (Lipinski definition) is 12. The Kier molecular flexibility index (Phi) is 22.6. The summed E-state index contributed by atoms with van der Waals surface area (Å²) < 4.78 is 36.9. The van der Waals surface area contributed by atoms with Crippen LogP contribution in [-0.2, 0) is 51.2 Å². The van der Waals surface area contributed by atoms with Crippen LogP contribution in [0.3, 0.4) is 0 Å². The fraction of sp³-hybridized carbons (Fsp3) is 0.411. The normalized spacial score (nSPS) is 15.7. The number of likely N-dealkylation sites (tertiary alicyclic amines) is 1. The van der Waals surface area contributed by atoms with Crippen molar-refractivity contribution in [3.05, 3.63) is 143 Å². The van der Waals surface area contributed by atoms with E-state index in [-0.39, 0.29) is 56.4 Å². The standard InChI is InChI=1S/C42H59F3N8O8.C14H8O2/c1-5-27(4)35(52-37(56)31(23-28-14-8-6-9-15-28)51-36(55)30(46)22-26(2)3)39(58)48-25-34(54)50-32(24-29-16-10-7-11-17-29)40(59)53-21-12-18-33(53)38(57)47-19-13-20-49-61-41(60)42(43,44)45;15-13-9-5-1-2-6-10(9)14(16)12-8-4-3-7-11(12)13/h6-11,14-17,26-27,30-33,35,49H,5,12-13,18-25,46H2,1-4H3,(H,47,57)(H,48,58)(H,50,54)(H,51,55)(H,52,56);1-8H/t27?,30-,31-,32-,33+,35-;/m0./s1. The van der Waals surface area contributed by atoms with Crippen LogP contribution in [0.5, 0.6) is 0 Å². The lowest BCUT2D eigenvalue weighted by Crippen LogP contribution is -2.59. The van der Waals surface area contributed by atoms with Crippen LogP contribution in [0.25, 0.3) is 0 Å². The Hall–Kier alpha value is -7.78. The first-order valence-electron chi connectivity index (χ1n) is 25.6. The molecule has 0 radical (unpaired) electrons. The highest BCUT2D eigenvalue weighted by atomic mass is 19.4. The first kappa shape index (κ1) is 60.1. The summed E-state index contributed by atoms with van der Waals surface area (Å²) in [5.74, 6) is -6.30. The minimum absolute atomic E-state index is 0.00465. The van der Waals surface area contributed by atoms with Gasteiger partial charge in [0.2, 0.25) is 35.4 Å². The molecule has 0 aromatic heterocycles. The molecule has 4 aromatic carbocycles. The summed E-state index contributed by atoms with van der Waals surface area (Å²) in [7, 11) is 0. The van der Waals surface area contributed by atoms with Crippen molar-refractivity contribution >= 4 is 53.0 Å². The van der Waals surface area contributed by atoms with Crippen molar-refractivity contribution in [2.45, 2.75) is 109 Å². The summed E-state index contributed by atoms with van der Waals surface area (Å²) in [4.78, 5) is 121. The molecule has 1 unspecified atom stereocenters. The molecule has 8 N–H and O–H groups in total. The lowest BCUT2D eigenvalue weighted by molar-refractivity contribution is -0.206. The lowest BCUT2D eigenvalue weighted by atomic mass is 9.84. The summed E-state index contributed by atoms with van der Waals surface area (Å²) in [6, 6.07) is 26.8. The number of fused-ring (bicyclic) bond motifs is 2. The fourth-order valence-corrected chi connectivity index (χ4v) is 8.70. The number of carbonyl (C=O) groups excluding carboxylic acids is 9. The summed E-state index contributed by atoms with van der Waals surface area (Å²) in [5, 5.41) is 13.4. The van der Waals surface area contributed by atoms with E-state index in [9.17, 15) is 56.3 Å². The molecule has 6 amide bonds. The molecule has 0 spiro atoms. The van der Waals surface area contributed by atoms with Gasteiger partial charge in [0.15, 0.2) is 11.6 Å². The molecule has 6 atom stereocenters. The second-order valence-corrected chi connectivity index (χ2v) is 19.3. The van der Waals surface area contributed by atoms with Gasteiger partial charge in [0.05, 0.1) is 12.6 Å². The van der Waals surface area contributed by atoms with E-state index in [0.29, 0.717) is 53.5 Å². The van der Waals surface area contributed by atoms with E-state index in [2.05, 4.69) is 31.4 Å². The Labute approximate surface area is 445 Å². The highest BCUT2D eigenvalue weighted by Gasteiger charge is 2.42. The van der Waals surface area contributed by atoms with E-state index in [1.54, 1.807) is 97.9 Å². The van der Waals surface area contributed by atoms with Crippen molar-refractivity contribution in [2.24, 2.45) is 17.6 Å². The van der Waals surface area contributed by atoms with Gasteiger partial charge in [-0.1, -0.05) is 143 Å². The fourth-order valence-electron chi connectivity index (χ4n) is 8.70. The summed E-state index contributed by atoms with van der Waals surface area (Å²) in [6.07, 6.45) is -3.16. The SMILES string of the molecule is CCC(C)[C@H](NC(=O)[C@H](Cc1ccccc1)NC(=O)[C@@H](N)CC(C)C)C(=O)NCC(=O)N[C@@H](Cc1ccccc1)C(=O)N1CCC[C@@H]1C(=O)NCCCNOC(=O)C(F)(F)F.O=C1c2ccccc2C(=O)c2ccccc21. The number of nitrogens with two attached hydrogens (primary N) is 1. The summed E-state index contributed by atoms with van der Waals surface area (Å²) in [5.41, 5.74) is 11.5. The van der Waals surface area contributed by atoms with Crippen LogP contribution in [0.4, 0.5) is 13.2 Å². The maximum Gasteiger partial charge on any atom is 0.492 e. The third kappa shape index (κ3) is 17.6. The molecular formula is C56H67F3N8O10. The molecule has 6 rings (SSSR count). The number of rotatable bonds is 23. The number of hydroxylamine groups is 1. The zero-order valence-corrected chi connectivity index (χ0v) is 43.5. The van der Waals surface area contributed by atoms with E-state index < -0.39 is 90.3 Å². The van der Waals surface area contributed by atoms with Crippen molar-refractivity contribution < 1.29 is 61.2 Å². The number of alkyl halides is 3. The second kappa shape index (κ2) is 28.9. The van der Waals surface area contributed by atoms with Gasteiger partial charge in [-0.2, -0.15) is 18.7 Å². The smallest absolute Gasteiger partial charge is 0.364 e. The average Bonchev–Trinajstić information content (AvgIpc) is 3.92. The number of ketones is 2. The molecule has 0 bridgehead atoms. The molecule has 0 saturated carbocycles. The van der Waals surface area contributed by atoms with Gasteiger partial charge in [-0.05, 0) is 48.6 Å². The van der Waals surface area contributed by atoms with E-state index in [1.807, 2.05) is 44.5 Å². The predicted octanol–water partition coefficient (Wildman–Crippen LogP) is 4.03. The first-order chi connectivity index (χ1) is 36.7. The number of hydrogen-bond donors (Lipinski definition) is 7. The van der Waals surface area contributed by atoms with Crippen LogP contribution in [0.1, 0.15) is 103 Å². The maximum absolute atomic E-state index is 14.0. The van der Waals surface area contributed by atoms with E-state index in [4.69, 9.17) is 5.73 Å². The minimum Gasteiger partial charge on any atom is -0.364 e. The van der Waals surface area contributed by atoms with Gasteiger partial charge < -0.3 is 42.1 Å². The van der Waals surface area contributed by atoms with Gasteiger partial charge in [0.1, 0.15) is 24.2 Å². The maximum atomic E-state index is 14.0. The van der Waals surface area contributed by atoms with Crippen LogP contribution in [0.2, 0.25) is 0 Å². The lowest BCUT2D eigenvalue weighted by Gasteiger charge is -2.29. The first-order valence-corrected chi connectivity index (χ1v) is 25.6. The van der Waals surface area contributed by atoms with Gasteiger partial charge in [-0.3, -0.25) is 38.4 Å². The molecule has 1 heterocycles. The number of carbonyl (C=O) groups is 9. The number of nitrogens with one attached hydrogen (secondary N) is 6. The number of halogens is 3. The van der Waals surface area contributed by atoms with Crippen molar-refractivity contribution in [2.75, 3.05) is 26.2 Å². The predicted molar refractivity (Wildman–Crippen MR) is 278 cm³/mol. The Balaban J connectivity index is 0.000000571. The Morgan fingerprint density at radius 2 is 1.19 bits per heavy atom.